The minimum Gasteiger partial charge on any atom is -0.301 e. The average Bonchev–Trinajstić information content (AvgIpc) is 2.83. The molecule has 1 aliphatic rings. The van der Waals surface area contributed by atoms with Crippen LogP contribution in [0.25, 0.3) is 0 Å². The van der Waals surface area contributed by atoms with Gasteiger partial charge in [0.1, 0.15) is 0 Å². The molecule has 0 saturated carbocycles. The van der Waals surface area contributed by atoms with Gasteiger partial charge >= 0.3 is 0 Å². The Balaban J connectivity index is 2.16. The summed E-state index contributed by atoms with van der Waals surface area (Å²) in [7, 11) is 0. The molecule has 0 bridgehead atoms. The summed E-state index contributed by atoms with van der Waals surface area (Å²) in [5.74, 6) is 0.211. The summed E-state index contributed by atoms with van der Waals surface area (Å²) in [6, 6.07) is 9.83. The fourth-order valence-corrected chi connectivity index (χ4v) is 1.31. The Hall–Kier alpha value is -1.15. The summed E-state index contributed by atoms with van der Waals surface area (Å²) in [5.41, 5.74) is 0.805. The zero-order valence-corrected chi connectivity index (χ0v) is 6.95. The van der Waals surface area contributed by atoms with E-state index in [0.717, 1.165) is 5.56 Å². The predicted octanol–water partition coefficient (Wildman–Crippen LogP) is 1.23. The fourth-order valence-electron chi connectivity index (χ4n) is 1.31. The monoisotopic (exact) mass is 161 g/mol. The van der Waals surface area contributed by atoms with Crippen molar-refractivity contribution in [1.82, 2.24) is 5.32 Å². The Labute approximate surface area is 71.6 Å². The summed E-state index contributed by atoms with van der Waals surface area (Å²) < 4.78 is 0. The topological polar surface area (TPSA) is 39.0 Å². The number of Topliss-reactive ketones (excluding diaryl/α,β-unsaturated/α-hetero) is 1. The van der Waals surface area contributed by atoms with Crippen LogP contribution in [0.15, 0.2) is 30.3 Å². The molecule has 1 fully saturated rings. The second-order valence-corrected chi connectivity index (χ2v) is 3.16. The molecule has 62 valence electrons. The highest BCUT2D eigenvalue weighted by atomic mass is 16.1. The van der Waals surface area contributed by atoms with Crippen molar-refractivity contribution in [2.45, 2.75) is 19.0 Å². The van der Waals surface area contributed by atoms with Crippen molar-refractivity contribution in [2.75, 3.05) is 0 Å². The minimum atomic E-state index is 0.0624. The summed E-state index contributed by atoms with van der Waals surface area (Å²) in [4.78, 5) is 11.6. The van der Waals surface area contributed by atoms with Gasteiger partial charge in [-0.25, -0.2) is 0 Å². The zero-order chi connectivity index (χ0) is 8.55. The van der Waals surface area contributed by atoms with E-state index in [-0.39, 0.29) is 11.8 Å². The molecule has 1 aliphatic heterocycles. The number of benzene rings is 1. The van der Waals surface area contributed by atoms with Crippen LogP contribution in [0, 0.1) is 0 Å². The van der Waals surface area contributed by atoms with Gasteiger partial charge in [0.25, 0.3) is 0 Å². The summed E-state index contributed by atoms with van der Waals surface area (Å²) >= 11 is 0. The molecule has 2 rings (SSSR count). The molecule has 2 atom stereocenters. The first-order chi connectivity index (χ1) is 5.79. The van der Waals surface area contributed by atoms with Gasteiger partial charge in [-0.05, 0) is 6.92 Å². The Morgan fingerprint density at radius 1 is 1.33 bits per heavy atom. The molecular weight excluding hydrogens is 150 g/mol. The van der Waals surface area contributed by atoms with Gasteiger partial charge in [-0.15, -0.1) is 0 Å². The van der Waals surface area contributed by atoms with Crippen molar-refractivity contribution in [3.05, 3.63) is 35.9 Å². The van der Waals surface area contributed by atoms with Crippen LogP contribution in [-0.4, -0.2) is 17.9 Å². The Kier molecular flexibility index (Phi) is 1.70. The molecule has 0 aliphatic carbocycles. The van der Waals surface area contributed by atoms with Crippen molar-refractivity contribution < 1.29 is 4.79 Å². The Bertz CT molecular complexity index is 294. The molecule has 0 radical (unpaired) electrons. The number of carbonyl (C=O) groups excluding carboxylic acids is 1. The molecule has 0 spiro atoms. The van der Waals surface area contributed by atoms with E-state index >= 15 is 0 Å². The number of ketones is 1. The fraction of sp³-hybridized carbons (Fsp3) is 0.300. The van der Waals surface area contributed by atoms with Crippen molar-refractivity contribution in [3.63, 3.8) is 0 Å². The molecular formula is C10H11NO. The average molecular weight is 161 g/mol. The van der Waals surface area contributed by atoms with E-state index in [0.29, 0.717) is 6.04 Å². The molecule has 12 heavy (non-hydrogen) atoms. The Morgan fingerprint density at radius 3 is 2.42 bits per heavy atom. The van der Waals surface area contributed by atoms with Crippen LogP contribution < -0.4 is 5.32 Å². The first-order valence-corrected chi connectivity index (χ1v) is 4.14. The lowest BCUT2D eigenvalue weighted by Gasteiger charge is -1.95. The van der Waals surface area contributed by atoms with Gasteiger partial charge in [-0.1, -0.05) is 30.3 Å². The van der Waals surface area contributed by atoms with Crippen LogP contribution >= 0.6 is 0 Å². The van der Waals surface area contributed by atoms with E-state index in [2.05, 4.69) is 5.32 Å². The van der Waals surface area contributed by atoms with Crippen molar-refractivity contribution >= 4 is 5.78 Å². The second-order valence-electron chi connectivity index (χ2n) is 3.16. The largest absolute Gasteiger partial charge is 0.301 e. The molecule has 0 unspecified atom stereocenters. The molecule has 2 heteroatoms. The van der Waals surface area contributed by atoms with Crippen LogP contribution in [0.1, 0.15) is 17.3 Å². The van der Waals surface area contributed by atoms with Gasteiger partial charge in [0.05, 0.1) is 6.04 Å². The highest BCUT2D eigenvalue weighted by molar-refractivity contribution is 6.02. The lowest BCUT2D eigenvalue weighted by atomic mass is 10.1. The lowest BCUT2D eigenvalue weighted by Crippen LogP contribution is -2.10. The number of rotatable bonds is 2. The first-order valence-electron chi connectivity index (χ1n) is 4.14. The highest BCUT2D eigenvalue weighted by Gasteiger charge is 2.38. The van der Waals surface area contributed by atoms with Crippen LogP contribution in [0.2, 0.25) is 0 Å². The maximum absolute atomic E-state index is 11.6. The maximum Gasteiger partial charge on any atom is 0.181 e. The van der Waals surface area contributed by atoms with Crippen LogP contribution in [-0.2, 0) is 0 Å². The van der Waals surface area contributed by atoms with Gasteiger partial charge in [-0.3, -0.25) is 4.79 Å². The van der Waals surface area contributed by atoms with Crippen LogP contribution in [0.4, 0.5) is 0 Å². The van der Waals surface area contributed by atoms with Gasteiger partial charge in [0, 0.05) is 11.6 Å². The van der Waals surface area contributed by atoms with Crippen molar-refractivity contribution in [1.29, 1.82) is 0 Å². The number of hydrogen-bond acceptors (Lipinski definition) is 2. The summed E-state index contributed by atoms with van der Waals surface area (Å²) in [6.07, 6.45) is 0. The number of nitrogens with one attached hydrogen (secondary N) is 1. The molecule has 2 nitrogen and oxygen atoms in total. The minimum absolute atomic E-state index is 0.0624. The van der Waals surface area contributed by atoms with Gasteiger partial charge in [0.15, 0.2) is 5.78 Å². The SMILES string of the molecule is C[C@H]1N[C@@H]1C(=O)c1ccccc1. The molecule has 0 aromatic heterocycles. The number of hydrogen-bond donors (Lipinski definition) is 1. The molecule has 1 aromatic carbocycles. The normalized spacial score (nSPS) is 26.8. The molecule has 0 amide bonds. The van der Waals surface area contributed by atoms with Crippen molar-refractivity contribution in [3.8, 4) is 0 Å². The van der Waals surface area contributed by atoms with E-state index in [1.54, 1.807) is 0 Å². The standard InChI is InChI=1S/C10H11NO/c1-7-9(11-7)10(12)8-5-3-2-4-6-8/h2-7,9,11H,1H3/t7-,9+/m1/s1. The third-order valence-corrected chi connectivity index (χ3v) is 2.17. The van der Waals surface area contributed by atoms with E-state index in [9.17, 15) is 4.79 Å². The molecule has 1 saturated heterocycles. The predicted molar refractivity (Wildman–Crippen MR) is 47.2 cm³/mol. The molecule has 1 aromatic rings. The van der Waals surface area contributed by atoms with Gasteiger partial charge < -0.3 is 5.32 Å². The van der Waals surface area contributed by atoms with Crippen LogP contribution in [0.3, 0.4) is 0 Å². The van der Waals surface area contributed by atoms with Crippen molar-refractivity contribution in [2.24, 2.45) is 0 Å². The summed E-state index contributed by atoms with van der Waals surface area (Å²) in [5, 5.41) is 3.08. The second kappa shape index (κ2) is 2.72. The van der Waals surface area contributed by atoms with E-state index in [1.807, 2.05) is 37.3 Å². The molecule has 1 N–H and O–H groups in total. The van der Waals surface area contributed by atoms with Gasteiger partial charge in [-0.2, -0.15) is 0 Å². The smallest absolute Gasteiger partial charge is 0.181 e. The third-order valence-electron chi connectivity index (χ3n) is 2.17. The zero-order valence-electron chi connectivity index (χ0n) is 6.95. The maximum atomic E-state index is 11.6. The van der Waals surface area contributed by atoms with E-state index in [4.69, 9.17) is 0 Å². The quantitative estimate of drug-likeness (QED) is 0.523. The highest BCUT2D eigenvalue weighted by Crippen LogP contribution is 2.15. The van der Waals surface area contributed by atoms with Crippen LogP contribution in [0.5, 0.6) is 0 Å². The number of carbonyl (C=O) groups is 1. The Morgan fingerprint density at radius 2 is 1.92 bits per heavy atom. The first kappa shape index (κ1) is 7.50. The van der Waals surface area contributed by atoms with Gasteiger partial charge in [0.2, 0.25) is 0 Å². The summed E-state index contributed by atoms with van der Waals surface area (Å²) in [6.45, 7) is 2.02. The molecule has 1 heterocycles. The lowest BCUT2D eigenvalue weighted by molar-refractivity contribution is 0.0988. The van der Waals surface area contributed by atoms with E-state index < -0.39 is 0 Å². The third kappa shape index (κ3) is 1.25. The van der Waals surface area contributed by atoms with E-state index in [1.165, 1.54) is 0 Å².